The van der Waals surface area contributed by atoms with Gasteiger partial charge in [-0.1, -0.05) is 20.3 Å². The van der Waals surface area contributed by atoms with Gasteiger partial charge in [0.15, 0.2) is 0 Å². The Morgan fingerprint density at radius 1 is 1.33 bits per heavy atom. The molecule has 0 spiro atoms. The van der Waals surface area contributed by atoms with Gasteiger partial charge in [0.25, 0.3) is 5.56 Å². The Bertz CT molecular complexity index is 570. The highest BCUT2D eigenvalue weighted by Crippen LogP contribution is 2.38. The van der Waals surface area contributed by atoms with Crippen LogP contribution in [-0.4, -0.2) is 20.4 Å². The molecule has 0 bridgehead atoms. The van der Waals surface area contributed by atoms with E-state index in [9.17, 15) is 9.59 Å². The third-order valence-electron chi connectivity index (χ3n) is 3.89. The molecule has 1 atom stereocenters. The molecule has 1 unspecified atom stereocenters. The molecule has 0 aliphatic heterocycles. The summed E-state index contributed by atoms with van der Waals surface area (Å²) >= 11 is 0. The van der Waals surface area contributed by atoms with Crippen molar-refractivity contribution in [3.63, 3.8) is 0 Å². The number of hydrogen-bond acceptors (Lipinski definition) is 4. The summed E-state index contributed by atoms with van der Waals surface area (Å²) in [5.74, 6) is 0.263. The van der Waals surface area contributed by atoms with E-state index in [0.717, 1.165) is 23.8 Å². The average molecular weight is 252 g/mol. The van der Waals surface area contributed by atoms with Gasteiger partial charge in [0.2, 0.25) is 5.82 Å². The second kappa shape index (κ2) is 4.26. The van der Waals surface area contributed by atoms with Crippen LogP contribution in [0.15, 0.2) is 9.59 Å². The molecule has 1 aromatic rings. The predicted molar refractivity (Wildman–Crippen MR) is 69.8 cm³/mol. The van der Waals surface area contributed by atoms with Crippen LogP contribution in [0, 0.1) is 5.41 Å². The molecule has 1 heterocycles. The molecule has 0 saturated heterocycles. The van der Waals surface area contributed by atoms with Crippen molar-refractivity contribution in [2.75, 3.05) is 5.32 Å². The largest absolute Gasteiger partial charge is 0.361 e. The number of nitrogens with zero attached hydrogens (tertiary/aromatic N) is 3. The molecule has 0 radical (unpaired) electrons. The van der Waals surface area contributed by atoms with Crippen LogP contribution in [0.3, 0.4) is 0 Å². The molecule has 1 aromatic heterocycles. The van der Waals surface area contributed by atoms with Crippen molar-refractivity contribution >= 4 is 5.82 Å². The molecule has 0 aromatic carbocycles. The van der Waals surface area contributed by atoms with E-state index in [1.807, 2.05) is 0 Å². The van der Waals surface area contributed by atoms with Crippen molar-refractivity contribution in [2.24, 2.45) is 19.5 Å². The Morgan fingerprint density at radius 2 is 2.00 bits per heavy atom. The molecular weight excluding hydrogens is 232 g/mol. The van der Waals surface area contributed by atoms with Crippen molar-refractivity contribution in [1.29, 1.82) is 0 Å². The molecule has 1 aliphatic rings. The highest BCUT2D eigenvalue weighted by atomic mass is 16.2. The Kier molecular flexibility index (Phi) is 3.04. The minimum atomic E-state index is -0.406. The first-order chi connectivity index (χ1) is 8.33. The molecule has 0 amide bonds. The lowest BCUT2D eigenvalue weighted by atomic mass is 9.87. The van der Waals surface area contributed by atoms with Crippen LogP contribution in [-0.2, 0) is 14.1 Å². The van der Waals surface area contributed by atoms with Gasteiger partial charge in [-0.3, -0.25) is 9.36 Å². The van der Waals surface area contributed by atoms with E-state index in [1.165, 1.54) is 11.7 Å². The quantitative estimate of drug-likeness (QED) is 0.830. The van der Waals surface area contributed by atoms with Crippen LogP contribution >= 0.6 is 0 Å². The maximum atomic E-state index is 12.0. The van der Waals surface area contributed by atoms with Gasteiger partial charge >= 0.3 is 5.69 Å². The highest BCUT2D eigenvalue weighted by Gasteiger charge is 2.35. The third kappa shape index (κ3) is 2.07. The van der Waals surface area contributed by atoms with E-state index >= 15 is 0 Å². The summed E-state index contributed by atoms with van der Waals surface area (Å²) in [4.78, 5) is 23.5. The molecule has 100 valence electrons. The topological polar surface area (TPSA) is 68.9 Å². The second-order valence-electron chi connectivity index (χ2n) is 5.70. The molecule has 1 N–H and O–H groups in total. The van der Waals surface area contributed by atoms with Gasteiger partial charge in [-0.15, -0.1) is 5.10 Å². The fourth-order valence-electron chi connectivity index (χ4n) is 2.55. The predicted octanol–water partition coefficient (Wildman–Crippen LogP) is 0.470. The van der Waals surface area contributed by atoms with Crippen LogP contribution in [0.25, 0.3) is 0 Å². The minimum Gasteiger partial charge on any atom is -0.361 e. The fraction of sp³-hybridized carbons (Fsp3) is 0.750. The maximum absolute atomic E-state index is 12.0. The van der Waals surface area contributed by atoms with Crippen LogP contribution < -0.4 is 16.6 Å². The molecular formula is C12H20N4O2. The molecule has 1 aliphatic carbocycles. The summed E-state index contributed by atoms with van der Waals surface area (Å²) in [5, 5.41) is 7.23. The summed E-state index contributed by atoms with van der Waals surface area (Å²) in [6.07, 6.45) is 3.31. The van der Waals surface area contributed by atoms with E-state index < -0.39 is 5.69 Å². The average Bonchev–Trinajstić information content (AvgIpc) is 2.63. The van der Waals surface area contributed by atoms with E-state index in [2.05, 4.69) is 24.3 Å². The first kappa shape index (κ1) is 12.9. The van der Waals surface area contributed by atoms with Gasteiger partial charge in [0.05, 0.1) is 0 Å². The molecule has 1 saturated carbocycles. The number of hydrogen-bond donors (Lipinski definition) is 1. The number of anilines is 1. The lowest BCUT2D eigenvalue weighted by Gasteiger charge is -2.27. The smallest absolute Gasteiger partial charge is 0.346 e. The van der Waals surface area contributed by atoms with Gasteiger partial charge in [-0.05, 0) is 18.3 Å². The van der Waals surface area contributed by atoms with Gasteiger partial charge in [0.1, 0.15) is 0 Å². The van der Waals surface area contributed by atoms with E-state index in [0.29, 0.717) is 0 Å². The summed E-state index contributed by atoms with van der Waals surface area (Å²) in [6, 6.07) is 0.232. The standard InChI is InChI=1S/C12H20N4O2/c1-12(2)7-5-6-8(12)13-9-10(17)15(3)11(18)16(4)14-9/h8H,5-7H2,1-4H3,(H,13,14). The van der Waals surface area contributed by atoms with Gasteiger partial charge in [-0.2, -0.15) is 0 Å². The SMILES string of the molecule is Cn1nc(NC2CCCC2(C)C)c(=O)n(C)c1=O. The molecule has 1 fully saturated rings. The van der Waals surface area contributed by atoms with Crippen molar-refractivity contribution < 1.29 is 0 Å². The zero-order valence-corrected chi connectivity index (χ0v) is 11.4. The Hall–Kier alpha value is -1.59. The van der Waals surface area contributed by atoms with Crippen LogP contribution in [0.2, 0.25) is 0 Å². The van der Waals surface area contributed by atoms with E-state index in [4.69, 9.17) is 0 Å². The third-order valence-corrected chi connectivity index (χ3v) is 3.89. The van der Waals surface area contributed by atoms with Crippen molar-refractivity contribution in [1.82, 2.24) is 14.3 Å². The van der Waals surface area contributed by atoms with E-state index in [1.54, 1.807) is 7.05 Å². The summed E-state index contributed by atoms with van der Waals surface area (Å²) in [5.41, 5.74) is -0.612. The van der Waals surface area contributed by atoms with Crippen LogP contribution in [0.1, 0.15) is 33.1 Å². The number of aromatic nitrogens is 3. The lowest BCUT2D eigenvalue weighted by molar-refractivity contribution is 0.348. The summed E-state index contributed by atoms with van der Waals surface area (Å²) in [6.45, 7) is 4.37. The second-order valence-corrected chi connectivity index (χ2v) is 5.70. The Morgan fingerprint density at radius 3 is 2.56 bits per heavy atom. The highest BCUT2D eigenvalue weighted by molar-refractivity contribution is 5.32. The van der Waals surface area contributed by atoms with Crippen LogP contribution in [0.4, 0.5) is 5.82 Å². The number of nitrogens with one attached hydrogen (secondary N) is 1. The lowest BCUT2D eigenvalue weighted by Crippen LogP contribution is -2.42. The molecule has 6 heteroatoms. The summed E-state index contributed by atoms with van der Waals surface area (Å²) < 4.78 is 2.27. The Labute approximate surface area is 106 Å². The van der Waals surface area contributed by atoms with Crippen molar-refractivity contribution in [3.05, 3.63) is 20.8 Å². The molecule has 18 heavy (non-hydrogen) atoms. The van der Waals surface area contributed by atoms with Gasteiger partial charge < -0.3 is 5.32 Å². The first-order valence-corrected chi connectivity index (χ1v) is 6.24. The van der Waals surface area contributed by atoms with Gasteiger partial charge in [0, 0.05) is 20.1 Å². The summed E-state index contributed by atoms with van der Waals surface area (Å²) in [7, 11) is 3.02. The molecule has 2 rings (SSSR count). The van der Waals surface area contributed by atoms with E-state index in [-0.39, 0.29) is 22.8 Å². The minimum absolute atomic E-state index is 0.154. The van der Waals surface area contributed by atoms with Crippen molar-refractivity contribution in [2.45, 2.75) is 39.2 Å². The fourth-order valence-corrected chi connectivity index (χ4v) is 2.55. The zero-order chi connectivity index (χ0) is 13.5. The monoisotopic (exact) mass is 252 g/mol. The number of rotatable bonds is 2. The number of aryl methyl sites for hydroxylation is 1. The van der Waals surface area contributed by atoms with Crippen LogP contribution in [0.5, 0.6) is 0 Å². The maximum Gasteiger partial charge on any atom is 0.346 e. The molecule has 6 nitrogen and oxygen atoms in total. The van der Waals surface area contributed by atoms with Gasteiger partial charge in [-0.25, -0.2) is 9.48 Å². The van der Waals surface area contributed by atoms with Crippen molar-refractivity contribution in [3.8, 4) is 0 Å². The Balaban J connectivity index is 2.36. The first-order valence-electron chi connectivity index (χ1n) is 6.24. The zero-order valence-electron chi connectivity index (χ0n) is 11.4. The normalized spacial score (nSPS) is 22.1.